The van der Waals surface area contributed by atoms with E-state index in [1.807, 2.05) is 11.8 Å². The van der Waals surface area contributed by atoms with Gasteiger partial charge in [-0.2, -0.15) is 0 Å². The van der Waals surface area contributed by atoms with Gasteiger partial charge in [-0.25, -0.2) is 8.42 Å². The highest BCUT2D eigenvalue weighted by molar-refractivity contribution is 8.00. The van der Waals surface area contributed by atoms with Crippen LogP contribution in [-0.2, 0) is 16.3 Å². The number of benzene rings is 1. The maximum absolute atomic E-state index is 11.3. The van der Waals surface area contributed by atoms with Crippen LogP contribution in [0.2, 0.25) is 0 Å². The molecule has 0 saturated heterocycles. The summed E-state index contributed by atoms with van der Waals surface area (Å²) in [5.74, 6) is 0.262. The maximum Gasteiger partial charge on any atom is 0.147 e. The summed E-state index contributed by atoms with van der Waals surface area (Å²) >= 11 is 1.88. The second-order valence-corrected chi connectivity index (χ2v) is 8.59. The van der Waals surface area contributed by atoms with E-state index in [9.17, 15) is 8.42 Å². The van der Waals surface area contributed by atoms with E-state index in [0.29, 0.717) is 11.7 Å². The van der Waals surface area contributed by atoms with Crippen molar-refractivity contribution in [2.75, 3.05) is 18.6 Å². The van der Waals surface area contributed by atoms with Gasteiger partial charge in [0.25, 0.3) is 0 Å². The van der Waals surface area contributed by atoms with Gasteiger partial charge >= 0.3 is 0 Å². The first-order chi connectivity index (χ1) is 8.99. The molecule has 1 N–H and O–H groups in total. The molecule has 0 amide bonds. The van der Waals surface area contributed by atoms with Crippen molar-refractivity contribution in [1.82, 2.24) is 5.32 Å². The summed E-state index contributed by atoms with van der Waals surface area (Å²) < 4.78 is 22.7. The Kier molecular flexibility index (Phi) is 4.92. The number of thioether (sulfide) groups is 1. The van der Waals surface area contributed by atoms with Crippen molar-refractivity contribution in [3.8, 4) is 0 Å². The third-order valence-corrected chi connectivity index (χ3v) is 5.81. The van der Waals surface area contributed by atoms with E-state index in [2.05, 4.69) is 36.5 Å². The molecular weight excluding hydrogens is 278 g/mol. The van der Waals surface area contributed by atoms with Crippen LogP contribution in [0.3, 0.4) is 0 Å². The molecule has 0 fully saturated rings. The monoisotopic (exact) mass is 299 g/mol. The minimum atomic E-state index is -2.88. The third-order valence-electron chi connectivity index (χ3n) is 3.39. The molecular formula is C14H21NO2S2. The smallest absolute Gasteiger partial charge is 0.147 e. The number of rotatable bonds is 6. The lowest BCUT2D eigenvalue weighted by Crippen LogP contribution is -2.39. The number of sulfone groups is 1. The van der Waals surface area contributed by atoms with Gasteiger partial charge in [-0.05, 0) is 31.0 Å². The molecule has 0 aliphatic carbocycles. The number of fused-ring (bicyclic) bond motifs is 1. The minimum Gasteiger partial charge on any atom is -0.313 e. The average molecular weight is 299 g/mol. The van der Waals surface area contributed by atoms with Gasteiger partial charge in [0, 0.05) is 22.4 Å². The third kappa shape index (κ3) is 4.23. The Morgan fingerprint density at radius 2 is 2.16 bits per heavy atom. The van der Waals surface area contributed by atoms with Crippen LogP contribution in [0.4, 0.5) is 0 Å². The Morgan fingerprint density at radius 3 is 2.79 bits per heavy atom. The molecule has 1 aliphatic rings. The quantitative estimate of drug-likeness (QED) is 0.874. The van der Waals surface area contributed by atoms with Gasteiger partial charge in [0.15, 0.2) is 0 Å². The zero-order chi connectivity index (χ0) is 13.9. The molecule has 1 aromatic rings. The molecule has 2 unspecified atom stereocenters. The summed E-state index contributed by atoms with van der Waals surface area (Å²) in [5.41, 5.74) is 1.39. The van der Waals surface area contributed by atoms with Crippen LogP contribution in [0.5, 0.6) is 0 Å². The van der Waals surface area contributed by atoms with Crippen molar-refractivity contribution in [2.24, 2.45) is 0 Å². The minimum absolute atomic E-state index is 0.261. The Morgan fingerprint density at radius 1 is 1.42 bits per heavy atom. The van der Waals surface area contributed by atoms with Gasteiger partial charge in [0.2, 0.25) is 0 Å². The van der Waals surface area contributed by atoms with Crippen molar-refractivity contribution < 1.29 is 8.42 Å². The molecule has 3 nitrogen and oxygen atoms in total. The molecule has 1 heterocycles. The predicted molar refractivity (Wildman–Crippen MR) is 81.6 cm³/mol. The fourth-order valence-electron chi connectivity index (χ4n) is 2.46. The fraction of sp³-hybridized carbons (Fsp3) is 0.571. The van der Waals surface area contributed by atoms with E-state index in [4.69, 9.17) is 0 Å². The zero-order valence-corrected chi connectivity index (χ0v) is 13.1. The molecule has 2 rings (SSSR count). The molecule has 19 heavy (non-hydrogen) atoms. The molecule has 106 valence electrons. The van der Waals surface area contributed by atoms with Crippen LogP contribution in [-0.4, -0.2) is 38.3 Å². The van der Waals surface area contributed by atoms with E-state index < -0.39 is 9.84 Å². The SMILES string of the molecule is CCNC(CCS(C)(=O)=O)C1Cc2ccccc2S1. The summed E-state index contributed by atoms with van der Waals surface area (Å²) in [6.45, 7) is 2.95. The summed E-state index contributed by atoms with van der Waals surface area (Å²) in [7, 11) is -2.88. The van der Waals surface area contributed by atoms with Crippen LogP contribution >= 0.6 is 11.8 Å². The predicted octanol–water partition coefficient (Wildman–Crippen LogP) is 2.12. The van der Waals surface area contributed by atoms with E-state index in [1.54, 1.807) is 0 Å². The van der Waals surface area contributed by atoms with Gasteiger partial charge in [0.05, 0.1) is 5.75 Å². The number of hydrogen-bond donors (Lipinski definition) is 1. The lowest BCUT2D eigenvalue weighted by atomic mass is 10.0. The number of nitrogens with one attached hydrogen (secondary N) is 1. The Balaban J connectivity index is 2.02. The van der Waals surface area contributed by atoms with Crippen LogP contribution in [0.15, 0.2) is 29.2 Å². The first-order valence-corrected chi connectivity index (χ1v) is 9.59. The fourth-order valence-corrected chi connectivity index (χ4v) is 4.58. The largest absolute Gasteiger partial charge is 0.313 e. The van der Waals surface area contributed by atoms with Crippen molar-refractivity contribution in [3.05, 3.63) is 29.8 Å². The zero-order valence-electron chi connectivity index (χ0n) is 11.4. The molecule has 2 atom stereocenters. The normalized spacial score (nSPS) is 20.2. The van der Waals surface area contributed by atoms with Crippen LogP contribution in [0.1, 0.15) is 18.9 Å². The molecule has 0 aromatic heterocycles. The lowest BCUT2D eigenvalue weighted by molar-refractivity contribution is 0.492. The molecule has 0 radical (unpaired) electrons. The van der Waals surface area contributed by atoms with E-state index >= 15 is 0 Å². The Bertz CT molecular complexity index is 503. The van der Waals surface area contributed by atoms with Crippen molar-refractivity contribution in [2.45, 2.75) is 36.0 Å². The van der Waals surface area contributed by atoms with Gasteiger partial charge in [-0.15, -0.1) is 11.8 Å². The van der Waals surface area contributed by atoms with Gasteiger partial charge in [-0.3, -0.25) is 0 Å². The van der Waals surface area contributed by atoms with Crippen molar-refractivity contribution >= 4 is 21.6 Å². The molecule has 5 heteroatoms. The van der Waals surface area contributed by atoms with Gasteiger partial charge in [0.1, 0.15) is 9.84 Å². The van der Waals surface area contributed by atoms with E-state index in [0.717, 1.165) is 13.0 Å². The van der Waals surface area contributed by atoms with Crippen LogP contribution in [0.25, 0.3) is 0 Å². The second-order valence-electron chi connectivity index (χ2n) is 5.05. The second kappa shape index (κ2) is 6.29. The first kappa shape index (κ1) is 14.9. The molecule has 0 bridgehead atoms. The molecule has 0 saturated carbocycles. The van der Waals surface area contributed by atoms with Crippen molar-refractivity contribution in [1.29, 1.82) is 0 Å². The first-order valence-electron chi connectivity index (χ1n) is 6.65. The van der Waals surface area contributed by atoms with Crippen LogP contribution in [0, 0.1) is 0 Å². The Hall–Kier alpha value is -0.520. The summed E-state index contributed by atoms with van der Waals surface area (Å²) in [6, 6.07) is 8.71. The highest BCUT2D eigenvalue weighted by atomic mass is 32.2. The lowest BCUT2D eigenvalue weighted by Gasteiger charge is -2.23. The van der Waals surface area contributed by atoms with Gasteiger partial charge < -0.3 is 5.32 Å². The topological polar surface area (TPSA) is 46.2 Å². The summed E-state index contributed by atoms with van der Waals surface area (Å²) in [6.07, 6.45) is 3.03. The van der Waals surface area contributed by atoms with Crippen LogP contribution < -0.4 is 5.32 Å². The Labute approximate surface area is 120 Å². The standard InChI is InChI=1S/C14H21NO2S2/c1-3-15-12(8-9-19(2,16)17)14-10-11-6-4-5-7-13(11)18-14/h4-7,12,14-15H,3,8-10H2,1-2H3. The highest BCUT2D eigenvalue weighted by Crippen LogP contribution is 2.38. The molecule has 1 aromatic carbocycles. The maximum atomic E-state index is 11.3. The highest BCUT2D eigenvalue weighted by Gasteiger charge is 2.29. The molecule has 0 spiro atoms. The van der Waals surface area contributed by atoms with E-state index in [1.165, 1.54) is 16.7 Å². The average Bonchev–Trinajstić information content (AvgIpc) is 2.76. The van der Waals surface area contributed by atoms with Gasteiger partial charge in [-0.1, -0.05) is 25.1 Å². The number of hydrogen-bond acceptors (Lipinski definition) is 4. The summed E-state index contributed by atoms with van der Waals surface area (Å²) in [4.78, 5) is 1.34. The summed E-state index contributed by atoms with van der Waals surface area (Å²) in [5, 5.41) is 3.89. The van der Waals surface area contributed by atoms with Crippen molar-refractivity contribution in [3.63, 3.8) is 0 Å². The molecule has 1 aliphatic heterocycles. The van der Waals surface area contributed by atoms with E-state index in [-0.39, 0.29) is 11.8 Å².